The molecular formula is C16H18Cl2OS2. The van der Waals surface area contributed by atoms with Gasteiger partial charge in [0.2, 0.25) is 0 Å². The van der Waals surface area contributed by atoms with E-state index in [0.29, 0.717) is 11.8 Å². The predicted molar refractivity (Wildman–Crippen MR) is 96.1 cm³/mol. The lowest BCUT2D eigenvalue weighted by molar-refractivity contribution is 0.600. The van der Waals surface area contributed by atoms with E-state index in [1.165, 1.54) is 10.5 Å². The monoisotopic (exact) mass is 360 g/mol. The van der Waals surface area contributed by atoms with E-state index in [2.05, 4.69) is 18.4 Å². The number of benzene rings is 2. The average Bonchev–Trinajstić information content (AvgIpc) is 2.55. The summed E-state index contributed by atoms with van der Waals surface area (Å²) < 4.78 is 11.1. The fraction of sp³-hybridized carbons (Fsp3) is 0.250. The lowest BCUT2D eigenvalue weighted by atomic mass is 10.2. The maximum absolute atomic E-state index is 11.1. The van der Waals surface area contributed by atoms with Crippen LogP contribution in [0.3, 0.4) is 0 Å². The standard InChI is InChI=1S/C8H9ClOS.C8H9ClS/c1-11(10)8-5-3-2-4-7(8)6-9;1-10-8-5-3-2-4-7(8)6-9/h2-5H,6H2,1H3;2-5H,6H2,1H3. The molecule has 0 radical (unpaired) electrons. The van der Waals surface area contributed by atoms with Gasteiger partial charge in [0.1, 0.15) is 6.26 Å². The van der Waals surface area contributed by atoms with Gasteiger partial charge in [-0.2, -0.15) is 0 Å². The van der Waals surface area contributed by atoms with Crippen LogP contribution in [0.25, 0.3) is 0 Å². The van der Waals surface area contributed by atoms with Gasteiger partial charge in [-0.05, 0) is 35.1 Å². The summed E-state index contributed by atoms with van der Waals surface area (Å²) in [4.78, 5) is 2.11. The van der Waals surface area contributed by atoms with Gasteiger partial charge in [0.25, 0.3) is 0 Å². The van der Waals surface area contributed by atoms with E-state index in [9.17, 15) is 4.55 Å². The van der Waals surface area contributed by atoms with Crippen molar-refractivity contribution >= 4 is 46.1 Å². The van der Waals surface area contributed by atoms with Gasteiger partial charge in [0.15, 0.2) is 4.90 Å². The summed E-state index contributed by atoms with van der Waals surface area (Å²) in [6.07, 6.45) is 3.72. The quantitative estimate of drug-likeness (QED) is 0.418. The molecule has 0 aliphatic rings. The molecule has 0 N–H and O–H groups in total. The number of alkyl halides is 2. The highest BCUT2D eigenvalue weighted by Gasteiger charge is 2.08. The minimum Gasteiger partial charge on any atom is -0.612 e. The molecule has 5 heteroatoms. The summed E-state index contributed by atoms with van der Waals surface area (Å²) in [5.74, 6) is 1.03. The van der Waals surface area contributed by atoms with Crippen molar-refractivity contribution in [1.82, 2.24) is 0 Å². The van der Waals surface area contributed by atoms with Crippen molar-refractivity contribution in [3.05, 3.63) is 59.7 Å². The van der Waals surface area contributed by atoms with Crippen LogP contribution in [0.1, 0.15) is 11.1 Å². The Hall–Kier alpha value is -0.320. The van der Waals surface area contributed by atoms with Gasteiger partial charge >= 0.3 is 0 Å². The fourth-order valence-corrected chi connectivity index (χ4v) is 3.73. The van der Waals surface area contributed by atoms with Gasteiger partial charge in [0.05, 0.1) is 5.88 Å². The second-order valence-corrected chi connectivity index (χ2v) is 6.87. The Morgan fingerprint density at radius 2 is 1.48 bits per heavy atom. The van der Waals surface area contributed by atoms with Crippen molar-refractivity contribution in [2.75, 3.05) is 12.5 Å². The van der Waals surface area contributed by atoms with E-state index in [-0.39, 0.29) is 0 Å². The Balaban J connectivity index is 0.000000211. The van der Waals surface area contributed by atoms with Crippen LogP contribution in [0.5, 0.6) is 0 Å². The van der Waals surface area contributed by atoms with Crippen LogP contribution in [-0.4, -0.2) is 17.1 Å². The normalized spacial score (nSPS) is 11.5. The highest BCUT2D eigenvalue weighted by molar-refractivity contribution is 7.98. The summed E-state index contributed by atoms with van der Waals surface area (Å²) >= 11 is 12.1. The van der Waals surface area contributed by atoms with Crippen LogP contribution in [0.15, 0.2) is 58.3 Å². The van der Waals surface area contributed by atoms with Gasteiger partial charge in [-0.1, -0.05) is 36.4 Å². The second-order valence-electron chi connectivity index (χ2n) is 4.14. The molecule has 0 fully saturated rings. The Kier molecular flexibility index (Phi) is 9.29. The maximum atomic E-state index is 11.1. The molecule has 0 bridgehead atoms. The molecule has 21 heavy (non-hydrogen) atoms. The van der Waals surface area contributed by atoms with E-state index >= 15 is 0 Å². The van der Waals surface area contributed by atoms with Gasteiger partial charge in [-0.25, -0.2) is 0 Å². The van der Waals surface area contributed by atoms with Crippen LogP contribution in [0.4, 0.5) is 0 Å². The first-order chi connectivity index (χ1) is 10.1. The number of rotatable bonds is 4. The van der Waals surface area contributed by atoms with E-state index in [4.69, 9.17) is 23.2 Å². The molecule has 2 rings (SSSR count). The molecule has 2 aromatic carbocycles. The third-order valence-corrected chi connectivity index (χ3v) is 5.19. The van der Waals surface area contributed by atoms with Crippen molar-refractivity contribution in [3.63, 3.8) is 0 Å². The Bertz CT molecular complexity index is 524. The molecule has 1 unspecified atom stereocenters. The van der Waals surface area contributed by atoms with E-state index < -0.39 is 11.2 Å². The van der Waals surface area contributed by atoms with Gasteiger partial charge in [0, 0.05) is 16.3 Å². The summed E-state index contributed by atoms with van der Waals surface area (Å²) in [6, 6.07) is 15.7. The topological polar surface area (TPSA) is 23.1 Å². The van der Waals surface area contributed by atoms with E-state index in [1.54, 1.807) is 18.0 Å². The third-order valence-electron chi connectivity index (χ3n) is 2.76. The summed E-state index contributed by atoms with van der Waals surface area (Å²) in [7, 11) is 0. The zero-order valence-corrected chi connectivity index (χ0v) is 15.2. The Morgan fingerprint density at radius 3 is 1.90 bits per heavy atom. The number of thioether (sulfide) groups is 1. The number of hydrogen-bond donors (Lipinski definition) is 0. The molecule has 0 saturated heterocycles. The molecule has 0 heterocycles. The van der Waals surface area contributed by atoms with E-state index in [1.807, 2.05) is 36.4 Å². The molecule has 0 aliphatic heterocycles. The van der Waals surface area contributed by atoms with Crippen LogP contribution in [-0.2, 0) is 22.9 Å². The molecule has 0 saturated carbocycles. The van der Waals surface area contributed by atoms with Gasteiger partial charge in [-0.3, -0.25) is 0 Å². The lowest BCUT2D eigenvalue weighted by Crippen LogP contribution is -2.00. The predicted octanol–water partition coefficient (Wildman–Crippen LogP) is 5.31. The van der Waals surface area contributed by atoms with Gasteiger partial charge in [-0.15, -0.1) is 35.0 Å². The SMILES string of the molecule is CSc1ccccc1CCl.C[S+]([O-])c1ccccc1CCl. The van der Waals surface area contributed by atoms with Crippen molar-refractivity contribution in [2.45, 2.75) is 21.6 Å². The van der Waals surface area contributed by atoms with Gasteiger partial charge < -0.3 is 4.55 Å². The lowest BCUT2D eigenvalue weighted by Gasteiger charge is -2.06. The zero-order valence-electron chi connectivity index (χ0n) is 12.0. The summed E-state index contributed by atoms with van der Waals surface area (Å²) in [6.45, 7) is 0. The smallest absolute Gasteiger partial charge is 0.156 e. The van der Waals surface area contributed by atoms with Crippen molar-refractivity contribution in [1.29, 1.82) is 0 Å². The average molecular weight is 361 g/mol. The molecule has 1 nitrogen and oxygen atoms in total. The molecule has 1 atom stereocenters. The highest BCUT2D eigenvalue weighted by atomic mass is 35.5. The minimum atomic E-state index is -0.925. The molecule has 0 spiro atoms. The van der Waals surface area contributed by atoms with Crippen LogP contribution in [0.2, 0.25) is 0 Å². The van der Waals surface area contributed by atoms with Crippen molar-refractivity contribution in [3.8, 4) is 0 Å². The third kappa shape index (κ3) is 6.13. The molecule has 0 aliphatic carbocycles. The first kappa shape index (κ1) is 18.7. The Labute approximate surface area is 144 Å². The Morgan fingerprint density at radius 1 is 0.952 bits per heavy atom. The molecule has 0 aromatic heterocycles. The zero-order chi connectivity index (χ0) is 15.7. The van der Waals surface area contributed by atoms with Crippen molar-refractivity contribution < 1.29 is 4.55 Å². The first-order valence-electron chi connectivity index (χ1n) is 6.29. The summed E-state index contributed by atoms with van der Waals surface area (Å²) in [5, 5.41) is 0. The number of halogens is 2. The van der Waals surface area contributed by atoms with Crippen LogP contribution in [0, 0.1) is 0 Å². The molecule has 0 amide bonds. The van der Waals surface area contributed by atoms with Crippen LogP contribution < -0.4 is 0 Å². The minimum absolute atomic E-state index is 0.426. The van der Waals surface area contributed by atoms with Crippen LogP contribution >= 0.6 is 35.0 Å². The summed E-state index contributed by atoms with van der Waals surface area (Å²) in [5.41, 5.74) is 2.17. The second kappa shape index (κ2) is 10.4. The van der Waals surface area contributed by atoms with Crippen molar-refractivity contribution in [2.24, 2.45) is 0 Å². The molecular weight excluding hydrogens is 343 g/mol. The highest BCUT2D eigenvalue weighted by Crippen LogP contribution is 2.20. The van der Waals surface area contributed by atoms with E-state index in [0.717, 1.165) is 10.5 Å². The largest absolute Gasteiger partial charge is 0.612 e. The fourth-order valence-electron chi connectivity index (χ4n) is 1.71. The number of hydrogen-bond acceptors (Lipinski definition) is 2. The maximum Gasteiger partial charge on any atom is 0.156 e. The first-order valence-corrected chi connectivity index (χ1v) is 10.1. The molecule has 114 valence electrons. The molecule has 2 aromatic rings.